The maximum Gasteiger partial charge on any atom is 0.269 e. The zero-order valence-electron chi connectivity index (χ0n) is 12.8. The fourth-order valence-corrected chi connectivity index (χ4v) is 3.13. The van der Waals surface area contributed by atoms with Gasteiger partial charge in [0, 0.05) is 23.8 Å². The van der Waals surface area contributed by atoms with Crippen LogP contribution in [0.15, 0.2) is 70.1 Å². The minimum Gasteiger partial charge on any atom is -0.359 e. The molecular weight excluding hydrogens is 346 g/mol. The average Bonchev–Trinajstić information content (AvgIpc) is 3.10. The van der Waals surface area contributed by atoms with Crippen molar-refractivity contribution in [2.75, 3.05) is 0 Å². The van der Waals surface area contributed by atoms with Gasteiger partial charge < -0.3 is 4.52 Å². The molecule has 1 heterocycles. The fourth-order valence-electron chi connectivity index (χ4n) is 2.14. The van der Waals surface area contributed by atoms with E-state index in [1.807, 2.05) is 30.3 Å². The van der Waals surface area contributed by atoms with Gasteiger partial charge >= 0.3 is 0 Å². The van der Waals surface area contributed by atoms with Crippen molar-refractivity contribution < 1.29 is 17.9 Å². The Bertz CT molecular complexity index is 982. The molecule has 0 radical (unpaired) electrons. The minimum absolute atomic E-state index is 0.0686. The number of rotatable bonds is 6. The first kappa shape index (κ1) is 16.8. The topological polar surface area (TPSA) is 115 Å². The Kier molecular flexibility index (Phi) is 4.59. The van der Waals surface area contributed by atoms with Gasteiger partial charge in [-0.15, -0.1) is 0 Å². The highest BCUT2D eigenvalue weighted by Gasteiger charge is 2.17. The summed E-state index contributed by atoms with van der Waals surface area (Å²) < 4.78 is 31.9. The molecular formula is C16H13N3O5S. The summed E-state index contributed by atoms with van der Waals surface area (Å²) in [7, 11) is -3.82. The van der Waals surface area contributed by atoms with Gasteiger partial charge in [-0.2, -0.15) is 0 Å². The van der Waals surface area contributed by atoms with Crippen LogP contribution in [0.5, 0.6) is 0 Å². The van der Waals surface area contributed by atoms with E-state index >= 15 is 0 Å². The maximum absolute atomic E-state index is 12.2. The van der Waals surface area contributed by atoms with Crippen molar-refractivity contribution in [2.45, 2.75) is 11.4 Å². The molecule has 0 atom stereocenters. The summed E-state index contributed by atoms with van der Waals surface area (Å²) in [6.45, 7) is -0.0842. The number of sulfonamides is 1. The SMILES string of the molecule is O=[N+]([O-])c1ccc(S(=O)(=O)NCc2cc(-c3ccccc3)no2)cc1. The van der Waals surface area contributed by atoms with Gasteiger partial charge in [0.2, 0.25) is 10.0 Å². The van der Waals surface area contributed by atoms with Gasteiger partial charge in [0.15, 0.2) is 5.76 Å². The Morgan fingerprint density at radius 3 is 2.40 bits per heavy atom. The number of benzene rings is 2. The Morgan fingerprint density at radius 2 is 1.76 bits per heavy atom. The number of nitrogens with one attached hydrogen (secondary N) is 1. The monoisotopic (exact) mass is 359 g/mol. The second-order valence-electron chi connectivity index (χ2n) is 5.12. The third-order valence-corrected chi connectivity index (χ3v) is 4.84. The molecule has 0 aliphatic carbocycles. The molecule has 9 heteroatoms. The lowest BCUT2D eigenvalue weighted by molar-refractivity contribution is -0.384. The van der Waals surface area contributed by atoms with Crippen molar-refractivity contribution in [3.8, 4) is 11.3 Å². The highest BCUT2D eigenvalue weighted by molar-refractivity contribution is 7.89. The van der Waals surface area contributed by atoms with Gasteiger partial charge in [-0.25, -0.2) is 13.1 Å². The summed E-state index contributed by atoms with van der Waals surface area (Å²) in [6.07, 6.45) is 0. The first-order chi connectivity index (χ1) is 12.0. The quantitative estimate of drug-likeness (QED) is 0.534. The molecule has 0 fully saturated rings. The largest absolute Gasteiger partial charge is 0.359 e. The van der Waals surface area contributed by atoms with Crippen molar-refractivity contribution in [3.63, 3.8) is 0 Å². The number of non-ortho nitro benzene ring substituents is 1. The first-order valence-electron chi connectivity index (χ1n) is 7.21. The summed E-state index contributed by atoms with van der Waals surface area (Å²) in [6, 6.07) is 15.6. The van der Waals surface area contributed by atoms with Crippen LogP contribution in [0.4, 0.5) is 5.69 Å². The van der Waals surface area contributed by atoms with Crippen molar-refractivity contribution in [1.82, 2.24) is 9.88 Å². The molecule has 8 nitrogen and oxygen atoms in total. The Morgan fingerprint density at radius 1 is 1.08 bits per heavy atom. The van der Waals surface area contributed by atoms with E-state index in [-0.39, 0.29) is 17.1 Å². The third-order valence-electron chi connectivity index (χ3n) is 3.42. The second-order valence-corrected chi connectivity index (χ2v) is 6.89. The molecule has 0 aliphatic heterocycles. The van der Waals surface area contributed by atoms with Gasteiger partial charge in [0.25, 0.3) is 5.69 Å². The van der Waals surface area contributed by atoms with Crippen molar-refractivity contribution >= 4 is 15.7 Å². The highest BCUT2D eigenvalue weighted by Crippen LogP contribution is 2.19. The van der Waals surface area contributed by atoms with Gasteiger partial charge in [-0.1, -0.05) is 35.5 Å². The molecule has 25 heavy (non-hydrogen) atoms. The Hall–Kier alpha value is -3.04. The molecule has 0 amide bonds. The van der Waals surface area contributed by atoms with Gasteiger partial charge in [-0.3, -0.25) is 10.1 Å². The lowest BCUT2D eigenvalue weighted by atomic mass is 10.1. The van der Waals surface area contributed by atoms with E-state index in [9.17, 15) is 18.5 Å². The number of aromatic nitrogens is 1. The van der Waals surface area contributed by atoms with Crippen LogP contribution >= 0.6 is 0 Å². The summed E-state index contributed by atoms with van der Waals surface area (Å²) in [5.41, 5.74) is 1.28. The molecule has 1 aromatic heterocycles. The summed E-state index contributed by atoms with van der Waals surface area (Å²) in [4.78, 5) is 9.95. The van der Waals surface area contributed by atoms with Crippen LogP contribution < -0.4 is 4.72 Å². The lowest BCUT2D eigenvalue weighted by Crippen LogP contribution is -2.22. The molecule has 0 spiro atoms. The second kappa shape index (κ2) is 6.83. The van der Waals surface area contributed by atoms with E-state index in [1.165, 1.54) is 12.1 Å². The van der Waals surface area contributed by atoms with Crippen LogP contribution in [0.3, 0.4) is 0 Å². The number of nitro groups is 1. The first-order valence-corrected chi connectivity index (χ1v) is 8.69. The van der Waals surface area contributed by atoms with Crippen LogP contribution in [0.1, 0.15) is 5.76 Å². The van der Waals surface area contributed by atoms with E-state index in [2.05, 4.69) is 9.88 Å². The standard InChI is InChI=1S/C16H13N3O5S/c20-19(21)13-6-8-15(9-7-13)25(22,23)17-11-14-10-16(18-24-14)12-4-2-1-3-5-12/h1-10,17H,11H2. The molecule has 3 rings (SSSR count). The predicted molar refractivity (Wildman–Crippen MR) is 89.1 cm³/mol. The smallest absolute Gasteiger partial charge is 0.269 e. The maximum atomic E-state index is 12.2. The van der Waals surface area contributed by atoms with Crippen LogP contribution in [0, 0.1) is 10.1 Å². The molecule has 0 bridgehead atoms. The zero-order chi connectivity index (χ0) is 17.9. The van der Waals surface area contributed by atoms with Gasteiger partial charge in [-0.05, 0) is 12.1 Å². The summed E-state index contributed by atoms with van der Waals surface area (Å²) in [5, 5.41) is 14.5. The van der Waals surface area contributed by atoms with Crippen LogP contribution in [0.25, 0.3) is 11.3 Å². The summed E-state index contributed by atoms with van der Waals surface area (Å²) >= 11 is 0. The molecule has 1 N–H and O–H groups in total. The normalized spacial score (nSPS) is 11.4. The molecule has 0 aliphatic rings. The van der Waals surface area contributed by atoms with E-state index in [0.29, 0.717) is 11.5 Å². The predicted octanol–water partition coefficient (Wildman–Crippen LogP) is 2.73. The zero-order valence-corrected chi connectivity index (χ0v) is 13.6. The molecule has 0 unspecified atom stereocenters. The number of nitrogens with zero attached hydrogens (tertiary/aromatic N) is 2. The number of hydrogen-bond donors (Lipinski definition) is 1. The molecule has 0 saturated heterocycles. The number of nitro benzene ring substituents is 1. The van der Waals surface area contributed by atoms with Crippen LogP contribution in [-0.2, 0) is 16.6 Å². The van der Waals surface area contributed by atoms with E-state index < -0.39 is 14.9 Å². The summed E-state index contributed by atoms with van der Waals surface area (Å²) in [5.74, 6) is 0.351. The third kappa shape index (κ3) is 3.90. The number of hydrogen-bond acceptors (Lipinski definition) is 6. The van der Waals surface area contributed by atoms with E-state index in [1.54, 1.807) is 6.07 Å². The Balaban J connectivity index is 1.70. The molecule has 3 aromatic rings. The van der Waals surface area contributed by atoms with E-state index in [4.69, 9.17) is 4.52 Å². The van der Waals surface area contributed by atoms with E-state index in [0.717, 1.165) is 17.7 Å². The molecule has 0 saturated carbocycles. The van der Waals surface area contributed by atoms with Gasteiger partial charge in [0.1, 0.15) is 5.69 Å². The average molecular weight is 359 g/mol. The van der Waals surface area contributed by atoms with Gasteiger partial charge in [0.05, 0.1) is 16.4 Å². The molecule has 128 valence electrons. The van der Waals surface area contributed by atoms with Crippen LogP contribution in [-0.4, -0.2) is 18.5 Å². The van der Waals surface area contributed by atoms with Crippen molar-refractivity contribution in [2.24, 2.45) is 0 Å². The Labute approximate surface area is 143 Å². The van der Waals surface area contributed by atoms with Crippen LogP contribution in [0.2, 0.25) is 0 Å². The lowest BCUT2D eigenvalue weighted by Gasteiger charge is -2.04. The minimum atomic E-state index is -3.82. The molecule has 2 aromatic carbocycles. The fraction of sp³-hybridized carbons (Fsp3) is 0.0625. The van der Waals surface area contributed by atoms with Crippen molar-refractivity contribution in [1.29, 1.82) is 0 Å². The highest BCUT2D eigenvalue weighted by atomic mass is 32.2. The van der Waals surface area contributed by atoms with Crippen molar-refractivity contribution in [3.05, 3.63) is 76.5 Å².